The van der Waals surface area contributed by atoms with E-state index in [-0.39, 0.29) is 11.5 Å². The van der Waals surface area contributed by atoms with E-state index in [0.29, 0.717) is 24.8 Å². The molecule has 3 nitrogen and oxygen atoms in total. The first-order valence-electron chi connectivity index (χ1n) is 8.67. The van der Waals surface area contributed by atoms with E-state index < -0.39 is 0 Å². The minimum Gasteiger partial charge on any atom is -0.375 e. The van der Waals surface area contributed by atoms with Gasteiger partial charge in [0.2, 0.25) is 5.91 Å². The fourth-order valence-corrected chi connectivity index (χ4v) is 2.25. The van der Waals surface area contributed by atoms with Crippen LogP contribution in [0.4, 0.5) is 0 Å². The van der Waals surface area contributed by atoms with Crippen LogP contribution >= 0.6 is 0 Å². The minimum absolute atomic E-state index is 0.155. The molecule has 126 valence electrons. The zero-order valence-corrected chi connectivity index (χ0v) is 15.1. The molecule has 0 spiro atoms. The zero-order chi connectivity index (χ0) is 16.3. The van der Waals surface area contributed by atoms with Gasteiger partial charge in [0.15, 0.2) is 0 Å². The highest BCUT2D eigenvalue weighted by molar-refractivity contribution is 5.75. The van der Waals surface area contributed by atoms with Crippen LogP contribution in [0, 0.1) is 11.8 Å². The van der Waals surface area contributed by atoms with Gasteiger partial charge in [-0.3, -0.25) is 4.79 Å². The van der Waals surface area contributed by atoms with Crippen LogP contribution in [0.1, 0.15) is 80.1 Å². The molecule has 1 amide bonds. The number of hydrogen-bond donors (Lipinski definition) is 1. The summed E-state index contributed by atoms with van der Waals surface area (Å²) in [5.41, 5.74) is -0.155. The molecule has 0 rings (SSSR count). The van der Waals surface area contributed by atoms with Crippen LogP contribution in [-0.2, 0) is 9.53 Å². The second-order valence-electron chi connectivity index (χ2n) is 7.32. The van der Waals surface area contributed by atoms with Gasteiger partial charge in [0.1, 0.15) is 0 Å². The van der Waals surface area contributed by atoms with E-state index in [0.717, 1.165) is 25.9 Å². The molecule has 3 heteroatoms. The number of carbonyl (C=O) groups is 1. The van der Waals surface area contributed by atoms with Gasteiger partial charge < -0.3 is 10.1 Å². The molecule has 1 unspecified atom stereocenters. The first-order valence-corrected chi connectivity index (χ1v) is 8.67. The molecule has 0 saturated heterocycles. The largest absolute Gasteiger partial charge is 0.375 e. The molecule has 21 heavy (non-hydrogen) atoms. The van der Waals surface area contributed by atoms with Gasteiger partial charge in [0, 0.05) is 19.6 Å². The van der Waals surface area contributed by atoms with Crippen molar-refractivity contribution >= 4 is 5.91 Å². The fraction of sp³-hybridized carbons (Fsp3) is 0.944. The maximum atomic E-state index is 11.8. The van der Waals surface area contributed by atoms with Gasteiger partial charge in [0.05, 0.1) is 5.60 Å². The van der Waals surface area contributed by atoms with Gasteiger partial charge in [-0.05, 0) is 44.9 Å². The van der Waals surface area contributed by atoms with E-state index in [1.54, 1.807) is 0 Å². The van der Waals surface area contributed by atoms with Crippen molar-refractivity contribution in [1.82, 2.24) is 5.32 Å². The van der Waals surface area contributed by atoms with Crippen molar-refractivity contribution in [3.05, 3.63) is 0 Å². The molecule has 0 aromatic heterocycles. The van der Waals surface area contributed by atoms with Crippen molar-refractivity contribution in [1.29, 1.82) is 0 Å². The van der Waals surface area contributed by atoms with Crippen molar-refractivity contribution < 1.29 is 9.53 Å². The maximum Gasteiger partial charge on any atom is 0.220 e. The van der Waals surface area contributed by atoms with E-state index in [4.69, 9.17) is 4.74 Å². The van der Waals surface area contributed by atoms with Crippen LogP contribution < -0.4 is 5.32 Å². The Morgan fingerprint density at radius 2 is 1.81 bits per heavy atom. The molecule has 0 aromatic carbocycles. The first-order chi connectivity index (χ1) is 9.76. The number of rotatable bonds is 12. The molecule has 1 N–H and O–H groups in total. The molecule has 0 aliphatic rings. The van der Waals surface area contributed by atoms with Crippen LogP contribution in [0.5, 0.6) is 0 Å². The molecule has 0 radical (unpaired) electrons. The molecule has 1 atom stereocenters. The lowest BCUT2D eigenvalue weighted by Gasteiger charge is -2.26. The van der Waals surface area contributed by atoms with Gasteiger partial charge in [-0.15, -0.1) is 0 Å². The van der Waals surface area contributed by atoms with Crippen molar-refractivity contribution in [3.8, 4) is 0 Å². The Hall–Kier alpha value is -0.570. The minimum atomic E-state index is -0.155. The van der Waals surface area contributed by atoms with Crippen molar-refractivity contribution in [3.63, 3.8) is 0 Å². The predicted octanol–water partition coefficient (Wildman–Crippen LogP) is 4.55. The number of hydrogen-bond acceptors (Lipinski definition) is 2. The number of amides is 1. The Bertz CT molecular complexity index is 274. The monoisotopic (exact) mass is 299 g/mol. The third kappa shape index (κ3) is 12.9. The molecule has 0 bridgehead atoms. The quantitative estimate of drug-likeness (QED) is 0.574. The third-order valence-corrected chi connectivity index (χ3v) is 3.88. The normalized spacial score (nSPS) is 13.5. The first kappa shape index (κ1) is 20.4. The summed E-state index contributed by atoms with van der Waals surface area (Å²) in [5.74, 6) is 1.50. The molecule has 0 fully saturated rings. The lowest BCUT2D eigenvalue weighted by Crippen LogP contribution is -2.33. The molecule has 0 aliphatic carbocycles. The summed E-state index contributed by atoms with van der Waals surface area (Å²) < 4.78 is 5.90. The number of carbonyl (C=O) groups excluding carboxylic acids is 1. The zero-order valence-electron chi connectivity index (χ0n) is 15.1. The Morgan fingerprint density at radius 1 is 1.14 bits per heavy atom. The summed E-state index contributed by atoms with van der Waals surface area (Å²) in [4.78, 5) is 11.8. The van der Waals surface area contributed by atoms with E-state index >= 15 is 0 Å². The van der Waals surface area contributed by atoms with Gasteiger partial charge in [-0.1, -0.05) is 40.5 Å². The second-order valence-corrected chi connectivity index (χ2v) is 7.32. The summed E-state index contributed by atoms with van der Waals surface area (Å²) in [6.45, 7) is 14.5. The van der Waals surface area contributed by atoms with Gasteiger partial charge in [-0.2, -0.15) is 0 Å². The topological polar surface area (TPSA) is 38.3 Å². The van der Waals surface area contributed by atoms with E-state index in [2.05, 4.69) is 46.9 Å². The SMILES string of the molecule is CCCC(C)CCC(=O)NCCC(C)(C)OCCC(C)C. The molecular formula is C18H37NO2. The standard InChI is InChI=1S/C18H37NO2/c1-7-8-16(4)9-10-17(20)19-13-12-18(5,6)21-14-11-15(2)3/h15-16H,7-14H2,1-6H3,(H,19,20). The van der Waals surface area contributed by atoms with Crippen molar-refractivity contribution in [2.24, 2.45) is 11.8 Å². The molecule has 0 heterocycles. The molecular weight excluding hydrogens is 262 g/mol. The Morgan fingerprint density at radius 3 is 2.38 bits per heavy atom. The maximum absolute atomic E-state index is 11.8. The average molecular weight is 299 g/mol. The van der Waals surface area contributed by atoms with E-state index in [9.17, 15) is 4.79 Å². The van der Waals surface area contributed by atoms with Crippen LogP contribution in [0.25, 0.3) is 0 Å². The third-order valence-electron chi connectivity index (χ3n) is 3.88. The summed E-state index contributed by atoms with van der Waals surface area (Å²) in [6, 6.07) is 0. The Balaban J connectivity index is 3.73. The van der Waals surface area contributed by atoms with Crippen molar-refractivity contribution in [2.75, 3.05) is 13.2 Å². The summed E-state index contributed by atoms with van der Waals surface area (Å²) >= 11 is 0. The summed E-state index contributed by atoms with van der Waals surface area (Å²) in [7, 11) is 0. The summed E-state index contributed by atoms with van der Waals surface area (Å²) in [5, 5.41) is 3.02. The van der Waals surface area contributed by atoms with E-state index in [1.807, 2.05) is 0 Å². The predicted molar refractivity (Wildman–Crippen MR) is 90.4 cm³/mol. The van der Waals surface area contributed by atoms with Crippen molar-refractivity contribution in [2.45, 2.75) is 85.7 Å². The van der Waals surface area contributed by atoms with Crippen LogP contribution in [0.3, 0.4) is 0 Å². The summed E-state index contributed by atoms with van der Waals surface area (Å²) in [6.07, 6.45) is 6.00. The smallest absolute Gasteiger partial charge is 0.220 e. The average Bonchev–Trinajstić information content (AvgIpc) is 2.35. The number of nitrogens with one attached hydrogen (secondary N) is 1. The van der Waals surface area contributed by atoms with Gasteiger partial charge in [-0.25, -0.2) is 0 Å². The van der Waals surface area contributed by atoms with E-state index in [1.165, 1.54) is 12.8 Å². The highest BCUT2D eigenvalue weighted by Crippen LogP contribution is 2.15. The van der Waals surface area contributed by atoms with Gasteiger partial charge >= 0.3 is 0 Å². The molecule has 0 aliphatic heterocycles. The second kappa shape index (κ2) is 11.1. The van der Waals surface area contributed by atoms with Crippen LogP contribution in [0.2, 0.25) is 0 Å². The van der Waals surface area contributed by atoms with Gasteiger partial charge in [0.25, 0.3) is 0 Å². The Kier molecular flexibility index (Phi) is 10.8. The number of ether oxygens (including phenoxy) is 1. The highest BCUT2D eigenvalue weighted by atomic mass is 16.5. The lowest BCUT2D eigenvalue weighted by molar-refractivity contribution is -0.121. The Labute approximate surface area is 132 Å². The van der Waals surface area contributed by atoms with Crippen LogP contribution in [-0.4, -0.2) is 24.7 Å². The highest BCUT2D eigenvalue weighted by Gasteiger charge is 2.18. The molecule has 0 aromatic rings. The van der Waals surface area contributed by atoms with Crippen LogP contribution in [0.15, 0.2) is 0 Å². The lowest BCUT2D eigenvalue weighted by atomic mass is 10.00. The fourth-order valence-electron chi connectivity index (χ4n) is 2.25. The molecule has 0 saturated carbocycles.